The van der Waals surface area contributed by atoms with E-state index in [1.54, 1.807) is 6.07 Å². The third-order valence-electron chi connectivity index (χ3n) is 3.45. The van der Waals surface area contributed by atoms with Gasteiger partial charge in [0.15, 0.2) is 0 Å². The quantitative estimate of drug-likeness (QED) is 0.522. The van der Waals surface area contributed by atoms with Crippen molar-refractivity contribution in [2.75, 3.05) is 0 Å². The van der Waals surface area contributed by atoms with Crippen LogP contribution in [0, 0.1) is 0 Å². The van der Waals surface area contributed by atoms with Gasteiger partial charge in [0.1, 0.15) is 16.2 Å². The van der Waals surface area contributed by atoms with Crippen LogP contribution in [0.25, 0.3) is 11.0 Å². The summed E-state index contributed by atoms with van der Waals surface area (Å²) in [6.07, 6.45) is 4.29. The lowest BCUT2D eigenvalue weighted by atomic mass is 10.1. The van der Waals surface area contributed by atoms with Gasteiger partial charge in [-0.15, -0.1) is 0 Å². The second-order valence-electron chi connectivity index (χ2n) is 5.22. The van der Waals surface area contributed by atoms with Gasteiger partial charge in [0.05, 0.1) is 0 Å². The minimum Gasteiger partial charge on any atom is -0.423 e. The lowest BCUT2D eigenvalue weighted by Crippen LogP contribution is -2.10. The number of rotatable bonds is 5. The molecule has 3 rings (SSSR count). The predicted molar refractivity (Wildman–Crippen MR) is 88.5 cm³/mol. The maximum atomic E-state index is 12.2. The van der Waals surface area contributed by atoms with E-state index in [-0.39, 0.29) is 10.6 Å². The minimum atomic E-state index is -3.99. The van der Waals surface area contributed by atoms with Gasteiger partial charge < -0.3 is 8.60 Å². The Balaban J connectivity index is 2.01. The van der Waals surface area contributed by atoms with Crippen LogP contribution in [0.5, 0.6) is 5.75 Å². The maximum Gasteiger partial charge on any atom is 0.340 e. The first-order chi connectivity index (χ1) is 11.5. The predicted octanol–water partition coefficient (Wildman–Crippen LogP) is 2.91. The first-order valence-corrected chi connectivity index (χ1v) is 8.82. The molecular formula is C17H15NO5S. The molecular weight excluding hydrogens is 330 g/mol. The molecule has 2 aromatic heterocycles. The van der Waals surface area contributed by atoms with E-state index in [0.29, 0.717) is 5.58 Å². The molecule has 7 heteroatoms. The zero-order valence-electron chi connectivity index (χ0n) is 12.9. The topological polar surface area (TPSA) is 86.5 Å². The summed E-state index contributed by atoms with van der Waals surface area (Å²) in [5, 5.41) is 0.766. The third-order valence-corrected chi connectivity index (χ3v) is 4.68. The van der Waals surface area contributed by atoms with Crippen LogP contribution in [-0.4, -0.2) is 13.4 Å². The summed E-state index contributed by atoms with van der Waals surface area (Å²) in [6.45, 7) is 2.01. The third kappa shape index (κ3) is 3.30. The Morgan fingerprint density at radius 1 is 1.21 bits per heavy atom. The summed E-state index contributed by atoms with van der Waals surface area (Å²) < 4.78 is 34.7. The van der Waals surface area contributed by atoms with Crippen LogP contribution in [0.15, 0.2) is 62.9 Å². The molecule has 0 saturated heterocycles. The summed E-state index contributed by atoms with van der Waals surface area (Å²) in [5.41, 5.74) is 0.688. The van der Waals surface area contributed by atoms with Gasteiger partial charge in [-0.25, -0.2) is 4.79 Å². The Hall–Kier alpha value is -2.67. The van der Waals surface area contributed by atoms with Crippen molar-refractivity contribution in [3.8, 4) is 5.75 Å². The van der Waals surface area contributed by atoms with Crippen molar-refractivity contribution < 1.29 is 17.0 Å². The van der Waals surface area contributed by atoms with Crippen molar-refractivity contribution >= 4 is 21.1 Å². The second-order valence-corrected chi connectivity index (χ2v) is 6.77. The molecule has 0 atom stereocenters. The summed E-state index contributed by atoms with van der Waals surface area (Å²) in [5.74, 6) is 0.0724. The van der Waals surface area contributed by atoms with E-state index in [2.05, 4.69) is 4.98 Å². The highest BCUT2D eigenvalue weighted by atomic mass is 32.2. The number of aromatic nitrogens is 1. The van der Waals surface area contributed by atoms with E-state index in [1.807, 2.05) is 6.92 Å². The number of aryl methyl sites for hydroxylation is 1. The number of benzene rings is 1. The molecule has 0 spiro atoms. The van der Waals surface area contributed by atoms with Gasteiger partial charge in [0.2, 0.25) is 0 Å². The molecule has 124 valence electrons. The number of hydrogen-bond donors (Lipinski definition) is 0. The Morgan fingerprint density at radius 2 is 2.04 bits per heavy atom. The summed E-state index contributed by atoms with van der Waals surface area (Å²) in [6, 6.07) is 8.99. The summed E-state index contributed by atoms with van der Waals surface area (Å²) in [7, 11) is -3.99. The van der Waals surface area contributed by atoms with Crippen LogP contribution in [0.3, 0.4) is 0 Å². The van der Waals surface area contributed by atoms with E-state index in [1.165, 1.54) is 42.7 Å². The number of pyridine rings is 1. The van der Waals surface area contributed by atoms with Gasteiger partial charge in [-0.3, -0.25) is 4.98 Å². The SMILES string of the molecule is CCCc1cc(=O)oc2cc(OS(=O)(=O)c3cccnc3)ccc12. The molecule has 0 aliphatic rings. The second kappa shape index (κ2) is 6.45. The summed E-state index contributed by atoms with van der Waals surface area (Å²) >= 11 is 0. The van der Waals surface area contributed by atoms with Crippen molar-refractivity contribution in [1.82, 2.24) is 4.98 Å². The van der Waals surface area contributed by atoms with Gasteiger partial charge in [-0.2, -0.15) is 8.42 Å². The van der Waals surface area contributed by atoms with Crippen LogP contribution in [-0.2, 0) is 16.5 Å². The lowest BCUT2D eigenvalue weighted by Gasteiger charge is -2.08. The fourth-order valence-electron chi connectivity index (χ4n) is 2.41. The van der Waals surface area contributed by atoms with E-state index in [0.717, 1.165) is 23.8 Å². The molecule has 0 N–H and O–H groups in total. The fraction of sp³-hybridized carbons (Fsp3) is 0.176. The van der Waals surface area contributed by atoms with Crippen molar-refractivity contribution in [2.45, 2.75) is 24.7 Å². The molecule has 0 aliphatic carbocycles. The average Bonchev–Trinajstić information content (AvgIpc) is 2.55. The molecule has 24 heavy (non-hydrogen) atoms. The molecule has 1 aromatic carbocycles. The van der Waals surface area contributed by atoms with Crippen molar-refractivity contribution in [1.29, 1.82) is 0 Å². The van der Waals surface area contributed by atoms with Crippen molar-refractivity contribution in [2.24, 2.45) is 0 Å². The van der Waals surface area contributed by atoms with Gasteiger partial charge in [-0.1, -0.05) is 13.3 Å². The zero-order valence-corrected chi connectivity index (χ0v) is 13.7. The van der Waals surface area contributed by atoms with Crippen LogP contribution < -0.4 is 9.81 Å². The molecule has 0 aliphatic heterocycles. The molecule has 0 saturated carbocycles. The fourth-order valence-corrected chi connectivity index (χ4v) is 3.30. The lowest BCUT2D eigenvalue weighted by molar-refractivity contribution is 0.484. The highest BCUT2D eigenvalue weighted by molar-refractivity contribution is 7.87. The highest BCUT2D eigenvalue weighted by Crippen LogP contribution is 2.25. The molecule has 6 nitrogen and oxygen atoms in total. The highest BCUT2D eigenvalue weighted by Gasteiger charge is 2.17. The number of hydrogen-bond acceptors (Lipinski definition) is 6. The van der Waals surface area contributed by atoms with E-state index < -0.39 is 15.7 Å². The molecule has 0 radical (unpaired) electrons. The number of fused-ring (bicyclic) bond motifs is 1. The maximum absolute atomic E-state index is 12.2. The number of nitrogens with zero attached hydrogens (tertiary/aromatic N) is 1. The van der Waals surface area contributed by atoms with Crippen molar-refractivity contribution in [3.05, 3.63) is 64.8 Å². The normalized spacial score (nSPS) is 11.5. The van der Waals surface area contributed by atoms with Gasteiger partial charge >= 0.3 is 15.7 Å². The first-order valence-electron chi connectivity index (χ1n) is 7.41. The molecule has 3 aromatic rings. The van der Waals surface area contributed by atoms with Crippen molar-refractivity contribution in [3.63, 3.8) is 0 Å². The van der Waals surface area contributed by atoms with E-state index in [9.17, 15) is 13.2 Å². The Kier molecular flexibility index (Phi) is 4.35. The Morgan fingerprint density at radius 3 is 2.75 bits per heavy atom. The smallest absolute Gasteiger partial charge is 0.340 e. The Labute approximate surface area is 138 Å². The monoisotopic (exact) mass is 345 g/mol. The van der Waals surface area contributed by atoms with E-state index >= 15 is 0 Å². The largest absolute Gasteiger partial charge is 0.423 e. The summed E-state index contributed by atoms with van der Waals surface area (Å²) in [4.78, 5) is 15.4. The average molecular weight is 345 g/mol. The molecule has 0 unspecified atom stereocenters. The molecule has 0 amide bonds. The van der Waals surface area contributed by atoms with Crippen LogP contribution in [0.2, 0.25) is 0 Å². The van der Waals surface area contributed by atoms with Crippen LogP contribution in [0.4, 0.5) is 0 Å². The first kappa shape index (κ1) is 16.2. The van der Waals surface area contributed by atoms with Crippen LogP contribution in [0.1, 0.15) is 18.9 Å². The van der Waals surface area contributed by atoms with Gasteiger partial charge in [-0.05, 0) is 36.2 Å². The molecule has 0 bridgehead atoms. The van der Waals surface area contributed by atoms with Crippen LogP contribution >= 0.6 is 0 Å². The molecule has 2 heterocycles. The van der Waals surface area contributed by atoms with Gasteiger partial charge in [0.25, 0.3) is 0 Å². The Bertz CT molecular complexity index is 1030. The zero-order chi connectivity index (χ0) is 17.2. The van der Waals surface area contributed by atoms with E-state index in [4.69, 9.17) is 8.60 Å². The molecule has 0 fully saturated rings. The standard InChI is InChI=1S/C17H15NO5S/c1-2-4-12-9-17(19)22-16-10-13(6-7-15(12)16)23-24(20,21)14-5-3-8-18-11-14/h3,5-11H,2,4H2,1H3. The van der Waals surface area contributed by atoms with Gasteiger partial charge in [0, 0.05) is 29.9 Å². The minimum absolute atomic E-state index is 0.0497.